The fourth-order valence-corrected chi connectivity index (χ4v) is 1.59. The number of aliphatic carboxylic acids is 1. The van der Waals surface area contributed by atoms with Gasteiger partial charge < -0.3 is 10.0 Å². The van der Waals surface area contributed by atoms with Crippen molar-refractivity contribution in [3.05, 3.63) is 0 Å². The molecule has 0 aromatic rings. The third-order valence-electron chi connectivity index (χ3n) is 1.87. The van der Waals surface area contributed by atoms with Crippen molar-refractivity contribution in [3.63, 3.8) is 0 Å². The number of sulfone groups is 1. The summed E-state index contributed by atoms with van der Waals surface area (Å²) in [6.45, 7) is 1.48. The van der Waals surface area contributed by atoms with Gasteiger partial charge in [0.05, 0.1) is 6.42 Å². The molecule has 1 N–H and O–H groups in total. The predicted octanol–water partition coefficient (Wildman–Crippen LogP) is -0.646. The normalized spacial score (nSPS) is 11.1. The third kappa shape index (κ3) is 6.05. The molecule has 6 nitrogen and oxygen atoms in total. The third-order valence-corrected chi connectivity index (χ3v) is 3.44. The first-order chi connectivity index (χ1) is 6.78. The molecule has 0 bridgehead atoms. The molecule has 7 heteroatoms. The van der Waals surface area contributed by atoms with E-state index in [-0.39, 0.29) is 18.7 Å². The highest BCUT2D eigenvalue weighted by molar-refractivity contribution is 7.92. The van der Waals surface area contributed by atoms with Gasteiger partial charge in [0.25, 0.3) is 0 Å². The van der Waals surface area contributed by atoms with Crippen molar-refractivity contribution in [2.24, 2.45) is 0 Å². The summed E-state index contributed by atoms with van der Waals surface area (Å²) in [4.78, 5) is 22.6. The number of carbonyl (C=O) groups excluding carboxylic acids is 1. The lowest BCUT2D eigenvalue weighted by Gasteiger charge is -2.15. The van der Waals surface area contributed by atoms with Crippen LogP contribution in [0.5, 0.6) is 0 Å². The van der Waals surface area contributed by atoms with Crippen LogP contribution >= 0.6 is 0 Å². The molecule has 0 saturated heterocycles. The van der Waals surface area contributed by atoms with E-state index in [1.807, 2.05) is 0 Å². The molecule has 0 radical (unpaired) electrons. The van der Waals surface area contributed by atoms with E-state index in [1.54, 1.807) is 0 Å². The molecule has 1 amide bonds. The maximum absolute atomic E-state index is 11.3. The maximum Gasteiger partial charge on any atom is 0.305 e. The molecule has 0 atom stereocenters. The van der Waals surface area contributed by atoms with Gasteiger partial charge in [-0.25, -0.2) is 8.42 Å². The second kappa shape index (κ2) is 5.69. The van der Waals surface area contributed by atoms with Gasteiger partial charge in [-0.2, -0.15) is 0 Å². The van der Waals surface area contributed by atoms with Crippen molar-refractivity contribution in [2.45, 2.75) is 13.3 Å². The molecule has 0 aliphatic rings. The zero-order chi connectivity index (χ0) is 12.1. The Morgan fingerprint density at radius 1 is 1.33 bits per heavy atom. The van der Waals surface area contributed by atoms with Crippen molar-refractivity contribution >= 4 is 21.7 Å². The molecular weight excluding hydrogens is 222 g/mol. The van der Waals surface area contributed by atoms with Crippen LogP contribution in [0.4, 0.5) is 0 Å². The molecule has 0 fully saturated rings. The van der Waals surface area contributed by atoms with Crippen LogP contribution in [0.2, 0.25) is 0 Å². The Balaban J connectivity index is 4.17. The van der Waals surface area contributed by atoms with E-state index in [2.05, 4.69) is 0 Å². The lowest BCUT2D eigenvalue weighted by molar-refractivity contribution is -0.137. The SMILES string of the molecule is CCS(=O)(=O)CC(=O)N(C)CCC(=O)O. The summed E-state index contributed by atoms with van der Waals surface area (Å²) in [5, 5.41) is 8.37. The molecule has 0 aliphatic heterocycles. The van der Waals surface area contributed by atoms with Gasteiger partial charge in [-0.1, -0.05) is 6.92 Å². The minimum absolute atomic E-state index is 0.0212. The van der Waals surface area contributed by atoms with Crippen LogP contribution < -0.4 is 0 Å². The molecule has 15 heavy (non-hydrogen) atoms. The molecule has 0 rings (SSSR count). The van der Waals surface area contributed by atoms with Crippen molar-refractivity contribution in [3.8, 4) is 0 Å². The van der Waals surface area contributed by atoms with Crippen molar-refractivity contribution in [1.29, 1.82) is 0 Å². The van der Waals surface area contributed by atoms with Crippen LogP contribution in [-0.2, 0) is 19.4 Å². The van der Waals surface area contributed by atoms with Gasteiger partial charge in [-0.05, 0) is 0 Å². The molecular formula is C8H15NO5S. The van der Waals surface area contributed by atoms with Gasteiger partial charge in [0.2, 0.25) is 5.91 Å². The lowest BCUT2D eigenvalue weighted by atomic mass is 10.4. The van der Waals surface area contributed by atoms with Crippen LogP contribution in [-0.4, -0.2) is 55.4 Å². The van der Waals surface area contributed by atoms with Crippen molar-refractivity contribution in [2.75, 3.05) is 25.1 Å². The zero-order valence-corrected chi connectivity index (χ0v) is 9.58. The fraction of sp³-hybridized carbons (Fsp3) is 0.750. The Hall–Kier alpha value is -1.11. The minimum Gasteiger partial charge on any atom is -0.481 e. The molecule has 0 saturated carbocycles. The van der Waals surface area contributed by atoms with E-state index in [1.165, 1.54) is 14.0 Å². The van der Waals surface area contributed by atoms with Crippen molar-refractivity contribution < 1.29 is 23.1 Å². The van der Waals surface area contributed by atoms with E-state index in [0.717, 1.165) is 4.90 Å². The van der Waals surface area contributed by atoms with Crippen LogP contribution in [0.15, 0.2) is 0 Å². The Labute approximate surface area is 88.8 Å². The number of hydrogen-bond donors (Lipinski definition) is 1. The number of nitrogens with zero attached hydrogens (tertiary/aromatic N) is 1. The van der Waals surface area contributed by atoms with Crippen LogP contribution in [0.1, 0.15) is 13.3 Å². The predicted molar refractivity (Wildman–Crippen MR) is 54.2 cm³/mol. The van der Waals surface area contributed by atoms with Gasteiger partial charge in [-0.3, -0.25) is 9.59 Å². The average molecular weight is 237 g/mol. The van der Waals surface area contributed by atoms with E-state index >= 15 is 0 Å². The number of carbonyl (C=O) groups is 2. The summed E-state index contributed by atoms with van der Waals surface area (Å²) in [5.74, 6) is -2.24. The Bertz CT molecular complexity index is 335. The van der Waals surface area contributed by atoms with Gasteiger partial charge in [0, 0.05) is 19.3 Å². The first-order valence-corrected chi connectivity index (χ1v) is 6.27. The molecule has 0 aromatic heterocycles. The largest absolute Gasteiger partial charge is 0.481 e. The number of amides is 1. The second-order valence-electron chi connectivity index (χ2n) is 3.14. The first-order valence-electron chi connectivity index (χ1n) is 4.44. The van der Waals surface area contributed by atoms with Gasteiger partial charge in [0.15, 0.2) is 9.84 Å². The lowest BCUT2D eigenvalue weighted by Crippen LogP contribution is -2.34. The van der Waals surface area contributed by atoms with E-state index in [4.69, 9.17) is 5.11 Å². The summed E-state index contributed by atoms with van der Waals surface area (Å²) in [6.07, 6.45) is -0.186. The Morgan fingerprint density at radius 2 is 1.87 bits per heavy atom. The standard InChI is InChI=1S/C8H15NO5S/c1-3-15(13,14)6-7(10)9(2)5-4-8(11)12/h3-6H2,1-2H3,(H,11,12). The van der Waals surface area contributed by atoms with Crippen molar-refractivity contribution in [1.82, 2.24) is 4.90 Å². The molecule has 0 aliphatic carbocycles. The average Bonchev–Trinajstić information content (AvgIpc) is 2.13. The molecule has 0 heterocycles. The van der Waals surface area contributed by atoms with Gasteiger partial charge >= 0.3 is 5.97 Å². The van der Waals surface area contributed by atoms with E-state index in [9.17, 15) is 18.0 Å². The summed E-state index contributed by atoms with van der Waals surface area (Å²) in [7, 11) is -1.96. The van der Waals surface area contributed by atoms with Gasteiger partial charge in [-0.15, -0.1) is 0 Å². The Morgan fingerprint density at radius 3 is 2.27 bits per heavy atom. The number of rotatable bonds is 6. The topological polar surface area (TPSA) is 91.8 Å². The second-order valence-corrected chi connectivity index (χ2v) is 5.49. The quantitative estimate of drug-likeness (QED) is 0.663. The summed E-state index contributed by atoms with van der Waals surface area (Å²) >= 11 is 0. The highest BCUT2D eigenvalue weighted by Gasteiger charge is 2.18. The molecule has 0 unspecified atom stereocenters. The van der Waals surface area contributed by atoms with Gasteiger partial charge in [0.1, 0.15) is 5.75 Å². The number of carboxylic acid groups (broad SMARTS) is 1. The highest BCUT2D eigenvalue weighted by Crippen LogP contribution is 1.95. The number of carboxylic acids is 1. The van der Waals surface area contributed by atoms with Crippen LogP contribution in [0, 0.1) is 0 Å². The minimum atomic E-state index is -3.34. The monoisotopic (exact) mass is 237 g/mol. The van der Waals surface area contributed by atoms with Crippen LogP contribution in [0.25, 0.3) is 0 Å². The maximum atomic E-state index is 11.3. The number of hydrogen-bond acceptors (Lipinski definition) is 4. The zero-order valence-electron chi connectivity index (χ0n) is 8.76. The summed E-state index contributed by atoms with van der Waals surface area (Å²) in [5.41, 5.74) is 0. The van der Waals surface area contributed by atoms with E-state index < -0.39 is 27.5 Å². The molecule has 0 aromatic carbocycles. The highest BCUT2D eigenvalue weighted by atomic mass is 32.2. The summed E-state index contributed by atoms with van der Waals surface area (Å²) in [6, 6.07) is 0. The first kappa shape index (κ1) is 13.9. The molecule has 0 spiro atoms. The summed E-state index contributed by atoms with van der Waals surface area (Å²) < 4.78 is 22.2. The fourth-order valence-electron chi connectivity index (χ4n) is 0.788. The molecule has 88 valence electrons. The smallest absolute Gasteiger partial charge is 0.305 e. The Kier molecular flexibility index (Phi) is 5.27. The van der Waals surface area contributed by atoms with Crippen LogP contribution in [0.3, 0.4) is 0 Å². The van der Waals surface area contributed by atoms with E-state index in [0.29, 0.717) is 0 Å².